The van der Waals surface area contributed by atoms with Crippen LogP contribution in [0.1, 0.15) is 41.0 Å². The number of fused-ring (bicyclic) bond motifs is 1. The van der Waals surface area contributed by atoms with Crippen LogP contribution in [0.15, 0.2) is 0 Å². The number of rotatable bonds is 6. The lowest BCUT2D eigenvalue weighted by atomic mass is 9.71. The third-order valence-electron chi connectivity index (χ3n) is 4.12. The van der Waals surface area contributed by atoms with Crippen LogP contribution in [0.3, 0.4) is 0 Å². The molecule has 1 saturated heterocycles. The van der Waals surface area contributed by atoms with Gasteiger partial charge in [-0.25, -0.2) is 4.79 Å². The van der Waals surface area contributed by atoms with Crippen molar-refractivity contribution in [3.8, 4) is 0 Å². The van der Waals surface area contributed by atoms with E-state index in [4.69, 9.17) is 14.2 Å². The summed E-state index contributed by atoms with van der Waals surface area (Å²) in [6.45, 7) is 11.8. The Morgan fingerprint density at radius 2 is 2.09 bits per heavy atom. The van der Waals surface area contributed by atoms with Crippen molar-refractivity contribution in [2.75, 3.05) is 19.8 Å². The quantitative estimate of drug-likeness (QED) is 0.781. The molecule has 0 aromatic heterocycles. The fourth-order valence-electron chi connectivity index (χ4n) is 3.22. The van der Waals surface area contributed by atoms with Crippen LogP contribution in [-0.4, -0.2) is 55.7 Å². The molecule has 2 N–H and O–H groups in total. The zero-order chi connectivity index (χ0) is 16.3. The monoisotopic (exact) mass is 314 g/mol. The van der Waals surface area contributed by atoms with Gasteiger partial charge in [0.2, 0.25) is 0 Å². The molecule has 5 unspecified atom stereocenters. The van der Waals surface area contributed by atoms with Gasteiger partial charge in [0.05, 0.1) is 24.8 Å². The number of hydrogen-bond acceptors (Lipinski definition) is 5. The number of alkyl carbamates (subject to hydrolysis) is 1. The molecule has 2 rings (SSSR count). The van der Waals surface area contributed by atoms with Crippen molar-refractivity contribution in [2.45, 2.75) is 70.9 Å². The molecule has 2 fully saturated rings. The van der Waals surface area contributed by atoms with Gasteiger partial charge >= 0.3 is 6.09 Å². The van der Waals surface area contributed by atoms with Gasteiger partial charge in [0.15, 0.2) is 0 Å². The van der Waals surface area contributed by atoms with Crippen molar-refractivity contribution in [1.82, 2.24) is 10.6 Å². The van der Waals surface area contributed by atoms with Crippen LogP contribution in [0.2, 0.25) is 0 Å². The highest BCUT2D eigenvalue weighted by atomic mass is 16.6. The molecule has 22 heavy (non-hydrogen) atoms. The summed E-state index contributed by atoms with van der Waals surface area (Å²) in [5.74, 6) is 0.379. The second kappa shape index (κ2) is 7.15. The molecule has 128 valence electrons. The molecule has 6 nitrogen and oxygen atoms in total. The first-order valence-corrected chi connectivity index (χ1v) is 8.26. The second-order valence-corrected chi connectivity index (χ2v) is 7.21. The zero-order valence-electron chi connectivity index (χ0n) is 14.3. The third-order valence-corrected chi connectivity index (χ3v) is 4.12. The molecule has 1 aliphatic heterocycles. The Morgan fingerprint density at radius 3 is 2.73 bits per heavy atom. The SMILES string of the molecule is CCOCC(C)NC1C(NC(=O)OC(C)(C)C)C2CCOC21. The van der Waals surface area contributed by atoms with Crippen LogP contribution < -0.4 is 10.6 Å². The number of nitrogens with one attached hydrogen (secondary N) is 2. The maximum absolute atomic E-state index is 12.0. The smallest absolute Gasteiger partial charge is 0.407 e. The summed E-state index contributed by atoms with van der Waals surface area (Å²) < 4.78 is 16.6. The lowest BCUT2D eigenvalue weighted by Crippen LogP contribution is -2.71. The molecule has 0 bridgehead atoms. The highest BCUT2D eigenvalue weighted by Gasteiger charge is 2.55. The Balaban J connectivity index is 1.88. The van der Waals surface area contributed by atoms with Crippen molar-refractivity contribution in [3.05, 3.63) is 0 Å². The van der Waals surface area contributed by atoms with Gasteiger partial charge in [0, 0.05) is 25.2 Å². The Kier molecular flexibility index (Phi) is 5.69. The molecular formula is C16H30N2O4. The number of carbonyl (C=O) groups excluding carboxylic acids is 1. The lowest BCUT2D eigenvalue weighted by molar-refractivity contribution is -0.0405. The van der Waals surface area contributed by atoms with Crippen molar-refractivity contribution >= 4 is 6.09 Å². The zero-order valence-corrected chi connectivity index (χ0v) is 14.3. The van der Waals surface area contributed by atoms with Crippen LogP contribution >= 0.6 is 0 Å². The van der Waals surface area contributed by atoms with E-state index in [0.717, 1.165) is 13.0 Å². The summed E-state index contributed by atoms with van der Waals surface area (Å²) in [6, 6.07) is 0.403. The van der Waals surface area contributed by atoms with Crippen LogP contribution in [0.5, 0.6) is 0 Å². The molecule has 0 aromatic carbocycles. The van der Waals surface area contributed by atoms with Crippen molar-refractivity contribution in [1.29, 1.82) is 0 Å². The largest absolute Gasteiger partial charge is 0.444 e. The van der Waals surface area contributed by atoms with Gasteiger partial charge in [-0.15, -0.1) is 0 Å². The average Bonchev–Trinajstić information content (AvgIpc) is 2.82. The Bertz CT molecular complexity index is 383. The fourth-order valence-corrected chi connectivity index (χ4v) is 3.22. The van der Waals surface area contributed by atoms with Gasteiger partial charge in [0.1, 0.15) is 5.60 Å². The number of amides is 1. The molecular weight excluding hydrogens is 284 g/mol. The van der Waals surface area contributed by atoms with Gasteiger partial charge in [0.25, 0.3) is 0 Å². The van der Waals surface area contributed by atoms with Gasteiger partial charge in [-0.3, -0.25) is 0 Å². The topological polar surface area (TPSA) is 68.8 Å². The van der Waals surface area contributed by atoms with Crippen molar-refractivity contribution < 1.29 is 19.0 Å². The van der Waals surface area contributed by atoms with Crippen LogP contribution in [0.4, 0.5) is 4.79 Å². The summed E-state index contributed by atoms with van der Waals surface area (Å²) >= 11 is 0. The summed E-state index contributed by atoms with van der Waals surface area (Å²) in [4.78, 5) is 12.0. The highest BCUT2D eigenvalue weighted by Crippen LogP contribution is 2.39. The van der Waals surface area contributed by atoms with Gasteiger partial charge in [-0.05, 0) is 41.0 Å². The fraction of sp³-hybridized carbons (Fsp3) is 0.938. The van der Waals surface area contributed by atoms with Crippen LogP contribution in [0.25, 0.3) is 0 Å². The van der Waals surface area contributed by atoms with Gasteiger partial charge in [-0.2, -0.15) is 0 Å². The standard InChI is InChI=1S/C16H30N2O4/c1-6-20-9-10(2)17-13-12(11-7-8-21-14(11)13)18-15(19)22-16(3,4)5/h10-14,17H,6-9H2,1-5H3,(H,18,19). The number of carbonyl (C=O) groups is 1. The van der Waals surface area contributed by atoms with E-state index in [0.29, 0.717) is 19.1 Å². The minimum Gasteiger partial charge on any atom is -0.444 e. The van der Waals surface area contributed by atoms with E-state index in [9.17, 15) is 4.79 Å². The molecule has 5 atom stereocenters. The van der Waals surface area contributed by atoms with E-state index in [2.05, 4.69) is 17.6 Å². The van der Waals surface area contributed by atoms with Crippen molar-refractivity contribution in [3.63, 3.8) is 0 Å². The van der Waals surface area contributed by atoms with Crippen LogP contribution in [-0.2, 0) is 14.2 Å². The molecule has 2 aliphatic rings. The maximum Gasteiger partial charge on any atom is 0.407 e. The van der Waals surface area contributed by atoms with Crippen molar-refractivity contribution in [2.24, 2.45) is 5.92 Å². The summed E-state index contributed by atoms with van der Waals surface area (Å²) in [5.41, 5.74) is -0.482. The predicted octanol–water partition coefficient (Wildman–Crippen LogP) is 1.68. The Labute approximate surface area is 133 Å². The lowest BCUT2D eigenvalue weighted by Gasteiger charge is -2.49. The first-order chi connectivity index (χ1) is 10.3. The summed E-state index contributed by atoms with van der Waals surface area (Å²) in [6.07, 6.45) is 0.819. The normalized spacial score (nSPS) is 32.0. The molecule has 0 spiro atoms. The third kappa shape index (κ3) is 4.33. The van der Waals surface area contributed by atoms with Gasteiger partial charge < -0.3 is 24.8 Å². The van der Waals surface area contributed by atoms with E-state index in [1.165, 1.54) is 0 Å². The minimum atomic E-state index is -0.482. The van der Waals surface area contributed by atoms with E-state index in [-0.39, 0.29) is 30.3 Å². The molecule has 0 radical (unpaired) electrons. The number of ether oxygens (including phenoxy) is 3. The molecule has 1 aliphatic carbocycles. The van der Waals surface area contributed by atoms with E-state index in [1.54, 1.807) is 0 Å². The first kappa shape index (κ1) is 17.5. The molecule has 0 aromatic rings. The molecule has 1 saturated carbocycles. The van der Waals surface area contributed by atoms with Gasteiger partial charge in [-0.1, -0.05) is 0 Å². The Morgan fingerprint density at radius 1 is 1.36 bits per heavy atom. The molecule has 6 heteroatoms. The average molecular weight is 314 g/mol. The highest BCUT2D eigenvalue weighted by molar-refractivity contribution is 5.68. The van der Waals surface area contributed by atoms with E-state index in [1.807, 2.05) is 27.7 Å². The van der Waals surface area contributed by atoms with Crippen LogP contribution in [0, 0.1) is 5.92 Å². The predicted molar refractivity (Wildman–Crippen MR) is 83.9 cm³/mol. The summed E-state index contributed by atoms with van der Waals surface area (Å²) in [7, 11) is 0. The summed E-state index contributed by atoms with van der Waals surface area (Å²) in [5, 5.41) is 6.53. The van der Waals surface area contributed by atoms with E-state index < -0.39 is 5.60 Å². The Hall–Kier alpha value is -0.850. The molecule has 1 heterocycles. The second-order valence-electron chi connectivity index (χ2n) is 7.21. The first-order valence-electron chi connectivity index (χ1n) is 8.26. The number of hydrogen-bond donors (Lipinski definition) is 2. The van der Waals surface area contributed by atoms with E-state index >= 15 is 0 Å². The minimum absolute atomic E-state index is 0.0615. The molecule has 1 amide bonds. The maximum atomic E-state index is 12.0.